The molecule has 0 bridgehead atoms. The van der Waals surface area contributed by atoms with E-state index in [1.807, 2.05) is 0 Å². The molecule has 0 aromatic carbocycles. The monoisotopic (exact) mass is 204 g/mol. The van der Waals surface area contributed by atoms with Gasteiger partial charge in [0.25, 0.3) is 0 Å². The molecule has 14 heavy (non-hydrogen) atoms. The van der Waals surface area contributed by atoms with Crippen LogP contribution in [0.5, 0.6) is 0 Å². The van der Waals surface area contributed by atoms with Gasteiger partial charge in [-0.15, -0.1) is 0 Å². The van der Waals surface area contributed by atoms with Gasteiger partial charge in [-0.1, -0.05) is 26.2 Å². The first kappa shape index (κ1) is 13.8. The third-order valence-corrected chi connectivity index (χ3v) is 2.10. The summed E-state index contributed by atoms with van der Waals surface area (Å²) in [7, 11) is 0. The minimum Gasteiger partial charge on any atom is -0.395 e. The maximum Gasteiger partial charge on any atom is 0.0573 e. The summed E-state index contributed by atoms with van der Waals surface area (Å²) in [5.41, 5.74) is 0. The van der Waals surface area contributed by atoms with E-state index in [1.165, 1.54) is 19.3 Å². The molecule has 0 rings (SSSR count). The lowest BCUT2D eigenvalue weighted by Crippen LogP contribution is -2.44. The Morgan fingerprint density at radius 2 is 1.57 bits per heavy atom. The summed E-state index contributed by atoms with van der Waals surface area (Å²) < 4.78 is 0. The lowest BCUT2D eigenvalue weighted by Gasteiger charge is -2.19. The highest BCUT2D eigenvalue weighted by molar-refractivity contribution is 4.64. The first-order valence-electron chi connectivity index (χ1n) is 5.53. The SMILES string of the molecule is CCCCCC(NCCO)NCCO. The second-order valence-corrected chi connectivity index (χ2v) is 3.40. The second-order valence-electron chi connectivity index (χ2n) is 3.40. The molecule has 4 N–H and O–H groups in total. The highest BCUT2D eigenvalue weighted by Crippen LogP contribution is 2.01. The minimum absolute atomic E-state index is 0.158. The fourth-order valence-corrected chi connectivity index (χ4v) is 1.35. The molecule has 0 aliphatic rings. The number of unbranched alkanes of at least 4 members (excludes halogenated alkanes) is 2. The molecule has 0 fully saturated rings. The molecule has 86 valence electrons. The second kappa shape index (κ2) is 10.9. The van der Waals surface area contributed by atoms with Gasteiger partial charge < -0.3 is 10.2 Å². The summed E-state index contributed by atoms with van der Waals surface area (Å²) in [6, 6.07) is 0. The van der Waals surface area contributed by atoms with Gasteiger partial charge in [-0.2, -0.15) is 0 Å². The molecule has 0 spiro atoms. The Bertz CT molecular complexity index is 104. The topological polar surface area (TPSA) is 64.5 Å². The van der Waals surface area contributed by atoms with Crippen molar-refractivity contribution in [2.45, 2.75) is 38.8 Å². The molecule has 0 radical (unpaired) electrons. The van der Waals surface area contributed by atoms with Gasteiger partial charge >= 0.3 is 0 Å². The largest absolute Gasteiger partial charge is 0.395 e. The van der Waals surface area contributed by atoms with Crippen molar-refractivity contribution < 1.29 is 10.2 Å². The molecule has 0 saturated carbocycles. The van der Waals surface area contributed by atoms with Crippen LogP contribution in [0, 0.1) is 0 Å². The summed E-state index contributed by atoms with van der Waals surface area (Å²) in [4.78, 5) is 0. The van der Waals surface area contributed by atoms with E-state index >= 15 is 0 Å². The van der Waals surface area contributed by atoms with Crippen molar-refractivity contribution in [3.05, 3.63) is 0 Å². The lowest BCUT2D eigenvalue weighted by molar-refractivity contribution is 0.253. The zero-order valence-electron chi connectivity index (χ0n) is 9.13. The molecule has 0 atom stereocenters. The lowest BCUT2D eigenvalue weighted by atomic mass is 10.1. The molecule has 0 aromatic rings. The van der Waals surface area contributed by atoms with E-state index in [0.717, 1.165) is 6.42 Å². The maximum atomic E-state index is 8.67. The zero-order chi connectivity index (χ0) is 10.6. The van der Waals surface area contributed by atoms with Gasteiger partial charge in [0.05, 0.1) is 19.4 Å². The first-order chi connectivity index (χ1) is 6.85. The number of aliphatic hydroxyl groups is 2. The molecule has 0 unspecified atom stereocenters. The Balaban J connectivity index is 3.49. The third-order valence-electron chi connectivity index (χ3n) is 2.10. The molecule has 4 nitrogen and oxygen atoms in total. The van der Waals surface area contributed by atoms with E-state index in [-0.39, 0.29) is 19.4 Å². The predicted molar refractivity (Wildman–Crippen MR) is 58.1 cm³/mol. The number of aliphatic hydroxyl groups excluding tert-OH is 2. The Kier molecular flexibility index (Phi) is 10.8. The minimum atomic E-state index is 0.158. The summed E-state index contributed by atoms with van der Waals surface area (Å²) >= 11 is 0. The van der Waals surface area contributed by atoms with Gasteiger partial charge in [0.15, 0.2) is 0 Å². The van der Waals surface area contributed by atoms with Crippen LogP contribution in [0.15, 0.2) is 0 Å². The molecule has 0 aliphatic heterocycles. The summed E-state index contributed by atoms with van der Waals surface area (Å²) in [5.74, 6) is 0. The van der Waals surface area contributed by atoms with Gasteiger partial charge in [-0.3, -0.25) is 10.6 Å². The molecule has 0 amide bonds. The van der Waals surface area contributed by atoms with Crippen LogP contribution in [-0.4, -0.2) is 42.7 Å². The van der Waals surface area contributed by atoms with Crippen molar-refractivity contribution in [1.29, 1.82) is 0 Å². The van der Waals surface area contributed by atoms with Crippen LogP contribution >= 0.6 is 0 Å². The molecular weight excluding hydrogens is 180 g/mol. The van der Waals surface area contributed by atoms with Gasteiger partial charge in [-0.25, -0.2) is 0 Å². The molecule has 4 heteroatoms. The van der Waals surface area contributed by atoms with Crippen molar-refractivity contribution in [2.75, 3.05) is 26.3 Å². The van der Waals surface area contributed by atoms with E-state index in [0.29, 0.717) is 13.1 Å². The number of hydrogen-bond donors (Lipinski definition) is 4. The molecule has 0 saturated heterocycles. The Labute approximate surface area is 86.7 Å². The van der Waals surface area contributed by atoms with Crippen molar-refractivity contribution in [3.63, 3.8) is 0 Å². The fraction of sp³-hybridized carbons (Fsp3) is 1.00. The summed E-state index contributed by atoms with van der Waals surface area (Å²) in [6.45, 7) is 3.71. The van der Waals surface area contributed by atoms with Crippen LogP contribution in [-0.2, 0) is 0 Å². The smallest absolute Gasteiger partial charge is 0.0573 e. The highest BCUT2D eigenvalue weighted by atomic mass is 16.3. The Hall–Kier alpha value is -0.160. The van der Waals surface area contributed by atoms with E-state index in [4.69, 9.17) is 10.2 Å². The number of nitrogens with one attached hydrogen (secondary N) is 2. The van der Waals surface area contributed by atoms with Crippen molar-refractivity contribution in [3.8, 4) is 0 Å². The van der Waals surface area contributed by atoms with Gasteiger partial charge in [0.1, 0.15) is 0 Å². The molecular formula is C10H24N2O2. The Morgan fingerprint density at radius 1 is 1.00 bits per heavy atom. The Morgan fingerprint density at radius 3 is 2.00 bits per heavy atom. The van der Waals surface area contributed by atoms with Crippen molar-refractivity contribution in [1.82, 2.24) is 10.6 Å². The number of hydrogen-bond acceptors (Lipinski definition) is 4. The molecule has 0 aromatic heterocycles. The zero-order valence-corrected chi connectivity index (χ0v) is 9.13. The van der Waals surface area contributed by atoms with Gasteiger partial charge in [0.2, 0.25) is 0 Å². The average Bonchev–Trinajstić information content (AvgIpc) is 2.21. The predicted octanol–water partition coefficient (Wildman–Crippen LogP) is 0.0566. The van der Waals surface area contributed by atoms with Crippen LogP contribution in [0.25, 0.3) is 0 Å². The fourth-order valence-electron chi connectivity index (χ4n) is 1.35. The summed E-state index contributed by atoms with van der Waals surface area (Å²) in [6.07, 6.45) is 4.90. The third kappa shape index (κ3) is 8.44. The van der Waals surface area contributed by atoms with E-state index in [2.05, 4.69) is 17.6 Å². The van der Waals surface area contributed by atoms with Crippen LogP contribution < -0.4 is 10.6 Å². The molecule has 0 heterocycles. The van der Waals surface area contributed by atoms with Crippen molar-refractivity contribution in [2.24, 2.45) is 0 Å². The highest BCUT2D eigenvalue weighted by Gasteiger charge is 2.04. The molecule has 0 aliphatic carbocycles. The standard InChI is InChI=1S/C10H24N2O2/c1-2-3-4-5-10(11-6-8-13)12-7-9-14/h10-14H,2-9H2,1H3. The van der Waals surface area contributed by atoms with E-state index in [1.54, 1.807) is 0 Å². The van der Waals surface area contributed by atoms with Gasteiger partial charge in [-0.05, 0) is 6.42 Å². The van der Waals surface area contributed by atoms with Gasteiger partial charge in [0, 0.05) is 13.1 Å². The maximum absolute atomic E-state index is 8.67. The van der Waals surface area contributed by atoms with Crippen LogP contribution in [0.2, 0.25) is 0 Å². The van der Waals surface area contributed by atoms with E-state index in [9.17, 15) is 0 Å². The van der Waals surface area contributed by atoms with Crippen molar-refractivity contribution >= 4 is 0 Å². The van der Waals surface area contributed by atoms with Crippen LogP contribution in [0.1, 0.15) is 32.6 Å². The van der Waals surface area contributed by atoms with Crippen LogP contribution in [0.3, 0.4) is 0 Å². The summed E-state index contributed by atoms with van der Waals surface area (Å²) in [5, 5.41) is 23.7. The van der Waals surface area contributed by atoms with E-state index < -0.39 is 0 Å². The quantitative estimate of drug-likeness (QED) is 0.300. The first-order valence-corrected chi connectivity index (χ1v) is 5.53. The van der Waals surface area contributed by atoms with Crippen LogP contribution in [0.4, 0.5) is 0 Å². The number of rotatable bonds is 10. The average molecular weight is 204 g/mol. The normalized spacial score (nSPS) is 11.1.